The second-order valence-electron chi connectivity index (χ2n) is 5.89. The minimum Gasteiger partial charge on any atom is -0.468 e. The third kappa shape index (κ3) is 3.38. The van der Waals surface area contributed by atoms with E-state index in [1.54, 1.807) is 12.1 Å². The van der Waals surface area contributed by atoms with E-state index in [4.69, 9.17) is 8.83 Å². The summed E-state index contributed by atoms with van der Waals surface area (Å²) in [6, 6.07) is 11.2. The van der Waals surface area contributed by atoms with E-state index in [1.165, 1.54) is 29.0 Å². The van der Waals surface area contributed by atoms with Crippen molar-refractivity contribution in [2.24, 2.45) is 0 Å². The molecule has 3 aromatic rings. The smallest absolute Gasteiger partial charge is 0.282 e. The number of rotatable bonds is 6. The lowest BCUT2D eigenvalue weighted by atomic mass is 10.2. The number of benzene rings is 1. The lowest BCUT2D eigenvalue weighted by molar-refractivity contribution is 0.315. The molecule has 0 atom stereocenters. The summed E-state index contributed by atoms with van der Waals surface area (Å²) in [7, 11) is -0.599. The molecule has 128 valence electrons. The monoisotopic (exact) mass is 348 g/mol. The van der Waals surface area contributed by atoms with Gasteiger partial charge in [0.2, 0.25) is 0 Å². The molecule has 0 amide bonds. The number of nitrogens with zero attached hydrogens (tertiary/aromatic N) is 2. The van der Waals surface area contributed by atoms with Crippen LogP contribution in [0.15, 0.2) is 51.5 Å². The Morgan fingerprint density at radius 2 is 1.79 bits per heavy atom. The zero-order valence-corrected chi connectivity index (χ0v) is 14.7. The maximum atomic E-state index is 12.6. The molecule has 0 bridgehead atoms. The van der Waals surface area contributed by atoms with E-state index in [0.717, 1.165) is 16.5 Å². The molecule has 6 nitrogen and oxygen atoms in total. The van der Waals surface area contributed by atoms with Gasteiger partial charge in [-0.15, -0.1) is 0 Å². The van der Waals surface area contributed by atoms with E-state index >= 15 is 0 Å². The Kier molecular flexibility index (Phi) is 4.49. The topological polar surface area (TPSA) is 66.9 Å². The molecule has 1 aromatic carbocycles. The lowest BCUT2D eigenvalue weighted by Gasteiger charge is -2.23. The molecule has 0 aliphatic heterocycles. The molecule has 0 N–H and O–H groups in total. The van der Waals surface area contributed by atoms with Gasteiger partial charge in [-0.3, -0.25) is 0 Å². The van der Waals surface area contributed by atoms with E-state index < -0.39 is 10.2 Å². The van der Waals surface area contributed by atoms with Gasteiger partial charge in [0.15, 0.2) is 0 Å². The molecule has 0 radical (unpaired) electrons. The molecular formula is C17H20N2O4S. The summed E-state index contributed by atoms with van der Waals surface area (Å²) in [6.07, 6.45) is 1.53. The highest BCUT2D eigenvalue weighted by Crippen LogP contribution is 2.23. The molecule has 0 aliphatic rings. The Morgan fingerprint density at radius 3 is 2.46 bits per heavy atom. The summed E-state index contributed by atoms with van der Waals surface area (Å²) in [5.41, 5.74) is 1.87. The SMILES string of the molecule is Cc1ccc2oc(CN(Cc3ccco3)S(=O)(=O)N(C)C)cc2c1. The Labute approximate surface area is 141 Å². The molecule has 7 heteroatoms. The van der Waals surface area contributed by atoms with Gasteiger partial charge in [-0.25, -0.2) is 0 Å². The molecule has 0 saturated carbocycles. The average molecular weight is 348 g/mol. The number of hydrogen-bond donors (Lipinski definition) is 0. The maximum Gasteiger partial charge on any atom is 0.282 e. The highest BCUT2D eigenvalue weighted by atomic mass is 32.2. The fraction of sp³-hybridized carbons (Fsp3) is 0.294. The Hall–Kier alpha value is -2.09. The molecule has 3 rings (SSSR count). The van der Waals surface area contributed by atoms with Gasteiger partial charge in [-0.1, -0.05) is 11.6 Å². The standard InChI is InChI=1S/C17H20N2O4S/c1-13-6-7-17-14(9-13)10-16(23-17)12-19(24(20,21)18(2)3)11-15-5-4-8-22-15/h4-10H,11-12H2,1-3H3. The van der Waals surface area contributed by atoms with Crippen molar-refractivity contribution in [3.8, 4) is 0 Å². The highest BCUT2D eigenvalue weighted by molar-refractivity contribution is 7.86. The molecule has 2 aromatic heterocycles. The van der Waals surface area contributed by atoms with Crippen molar-refractivity contribution in [3.63, 3.8) is 0 Å². The Balaban J connectivity index is 1.92. The number of furan rings is 2. The van der Waals surface area contributed by atoms with E-state index in [1.807, 2.05) is 31.2 Å². The van der Waals surface area contributed by atoms with Crippen molar-refractivity contribution in [2.75, 3.05) is 14.1 Å². The van der Waals surface area contributed by atoms with Gasteiger partial charge >= 0.3 is 0 Å². The largest absolute Gasteiger partial charge is 0.468 e. The van der Waals surface area contributed by atoms with Crippen LogP contribution in [0.2, 0.25) is 0 Å². The van der Waals surface area contributed by atoms with Crippen LogP contribution < -0.4 is 0 Å². The lowest BCUT2D eigenvalue weighted by Crippen LogP contribution is -2.39. The van der Waals surface area contributed by atoms with E-state index in [2.05, 4.69) is 0 Å². The highest BCUT2D eigenvalue weighted by Gasteiger charge is 2.27. The van der Waals surface area contributed by atoms with Crippen LogP contribution in [-0.2, 0) is 23.3 Å². The minimum absolute atomic E-state index is 0.134. The third-order valence-electron chi connectivity index (χ3n) is 3.76. The van der Waals surface area contributed by atoms with Crippen molar-refractivity contribution in [1.29, 1.82) is 0 Å². The van der Waals surface area contributed by atoms with Crippen molar-refractivity contribution in [1.82, 2.24) is 8.61 Å². The molecule has 0 spiro atoms. The van der Waals surface area contributed by atoms with Gasteiger partial charge in [-0.2, -0.15) is 17.0 Å². The predicted octanol–water partition coefficient (Wildman–Crippen LogP) is 3.14. The summed E-state index contributed by atoms with van der Waals surface area (Å²) >= 11 is 0. The van der Waals surface area contributed by atoms with E-state index in [0.29, 0.717) is 11.5 Å². The van der Waals surface area contributed by atoms with Crippen molar-refractivity contribution in [3.05, 3.63) is 59.7 Å². The Morgan fingerprint density at radius 1 is 1.04 bits per heavy atom. The van der Waals surface area contributed by atoms with Gasteiger partial charge in [0.1, 0.15) is 17.1 Å². The van der Waals surface area contributed by atoms with Gasteiger partial charge < -0.3 is 8.83 Å². The normalized spacial score (nSPS) is 12.5. The zero-order valence-electron chi connectivity index (χ0n) is 13.9. The molecular weight excluding hydrogens is 328 g/mol. The first-order valence-corrected chi connectivity index (χ1v) is 8.95. The molecule has 2 heterocycles. The van der Waals surface area contributed by atoms with Crippen LogP contribution in [0.5, 0.6) is 0 Å². The minimum atomic E-state index is -3.61. The summed E-state index contributed by atoms with van der Waals surface area (Å²) in [4.78, 5) is 0. The van der Waals surface area contributed by atoms with Crippen molar-refractivity contribution in [2.45, 2.75) is 20.0 Å². The second kappa shape index (κ2) is 6.43. The van der Waals surface area contributed by atoms with Crippen LogP contribution >= 0.6 is 0 Å². The first-order valence-electron chi connectivity index (χ1n) is 7.55. The van der Waals surface area contributed by atoms with Gasteiger partial charge in [0.05, 0.1) is 19.4 Å². The summed E-state index contributed by atoms with van der Waals surface area (Å²) in [6.45, 7) is 2.28. The van der Waals surface area contributed by atoms with Crippen LogP contribution in [-0.4, -0.2) is 31.1 Å². The predicted molar refractivity (Wildman–Crippen MR) is 91.5 cm³/mol. The maximum absolute atomic E-state index is 12.6. The second-order valence-corrected chi connectivity index (χ2v) is 8.03. The van der Waals surface area contributed by atoms with Gasteiger partial charge in [0, 0.05) is 19.5 Å². The van der Waals surface area contributed by atoms with Gasteiger partial charge in [0.25, 0.3) is 10.2 Å². The summed E-state index contributed by atoms with van der Waals surface area (Å²) < 4.78 is 38.8. The van der Waals surface area contributed by atoms with Crippen LogP contribution in [0.3, 0.4) is 0 Å². The molecule has 0 fully saturated rings. The van der Waals surface area contributed by atoms with Crippen molar-refractivity contribution < 1.29 is 17.3 Å². The number of hydrogen-bond acceptors (Lipinski definition) is 4. The molecule has 24 heavy (non-hydrogen) atoms. The fourth-order valence-corrected chi connectivity index (χ4v) is 3.54. The fourth-order valence-electron chi connectivity index (χ4n) is 2.50. The van der Waals surface area contributed by atoms with Gasteiger partial charge in [-0.05, 0) is 37.3 Å². The van der Waals surface area contributed by atoms with E-state index in [-0.39, 0.29) is 13.1 Å². The van der Waals surface area contributed by atoms with Crippen LogP contribution in [0.25, 0.3) is 11.0 Å². The van der Waals surface area contributed by atoms with E-state index in [9.17, 15) is 8.42 Å². The summed E-state index contributed by atoms with van der Waals surface area (Å²) in [5, 5.41) is 0.963. The van der Waals surface area contributed by atoms with Crippen molar-refractivity contribution >= 4 is 21.2 Å². The third-order valence-corrected chi connectivity index (χ3v) is 5.59. The first kappa shape index (κ1) is 16.8. The van der Waals surface area contributed by atoms with Crippen LogP contribution in [0, 0.1) is 6.92 Å². The molecule has 0 aliphatic carbocycles. The number of aryl methyl sites for hydroxylation is 1. The summed E-state index contributed by atoms with van der Waals surface area (Å²) in [5.74, 6) is 1.17. The molecule has 0 saturated heterocycles. The zero-order chi connectivity index (χ0) is 17.3. The first-order chi connectivity index (χ1) is 11.4. The average Bonchev–Trinajstić information content (AvgIpc) is 3.15. The Bertz CT molecular complexity index is 927. The number of fused-ring (bicyclic) bond motifs is 1. The molecule has 0 unspecified atom stereocenters. The van der Waals surface area contributed by atoms with Crippen LogP contribution in [0.1, 0.15) is 17.1 Å². The van der Waals surface area contributed by atoms with Crippen LogP contribution in [0.4, 0.5) is 0 Å². The quantitative estimate of drug-likeness (QED) is 0.686.